The lowest BCUT2D eigenvalue weighted by molar-refractivity contribution is -0.121. The Morgan fingerprint density at radius 3 is 2.58 bits per heavy atom. The highest BCUT2D eigenvalue weighted by Gasteiger charge is 2.13. The van der Waals surface area contributed by atoms with Crippen molar-refractivity contribution in [1.82, 2.24) is 5.43 Å². The maximum absolute atomic E-state index is 11.5. The van der Waals surface area contributed by atoms with Crippen molar-refractivity contribution < 1.29 is 9.59 Å². The Morgan fingerprint density at radius 2 is 2.05 bits per heavy atom. The summed E-state index contributed by atoms with van der Waals surface area (Å²) in [6, 6.07) is 7.36. The molecule has 0 aliphatic carbocycles. The maximum Gasteiger partial charge on any atom is 0.240 e. The summed E-state index contributed by atoms with van der Waals surface area (Å²) in [5, 5.41) is 6.42. The summed E-state index contributed by atoms with van der Waals surface area (Å²) in [4.78, 5) is 22.5. The number of hydrazone groups is 1. The Hall–Kier alpha value is -1.82. The van der Waals surface area contributed by atoms with Gasteiger partial charge in [-0.1, -0.05) is 12.1 Å². The van der Waals surface area contributed by atoms with Crippen molar-refractivity contribution in [3.05, 3.63) is 29.8 Å². The lowest BCUT2D eigenvalue weighted by Crippen LogP contribution is -2.25. The fourth-order valence-electron chi connectivity index (χ4n) is 1.68. The van der Waals surface area contributed by atoms with E-state index in [0.29, 0.717) is 12.8 Å². The predicted octanol–water partition coefficient (Wildman–Crippen LogP) is 1.56. The molecular formula is C13H15N3O2S. The zero-order valence-corrected chi connectivity index (χ0v) is 11.4. The minimum atomic E-state index is -0.349. The first-order valence-corrected chi connectivity index (χ1v) is 6.52. The summed E-state index contributed by atoms with van der Waals surface area (Å²) in [6.45, 7) is 1.71. The van der Waals surface area contributed by atoms with E-state index in [2.05, 4.69) is 28.5 Å². The van der Waals surface area contributed by atoms with E-state index < -0.39 is 0 Å². The average molecular weight is 277 g/mol. The van der Waals surface area contributed by atoms with Gasteiger partial charge in [0.05, 0.1) is 11.0 Å². The molecule has 1 aromatic carbocycles. The van der Waals surface area contributed by atoms with E-state index in [4.69, 9.17) is 0 Å². The van der Waals surface area contributed by atoms with Crippen LogP contribution in [0.2, 0.25) is 0 Å². The molecule has 1 atom stereocenters. The van der Waals surface area contributed by atoms with Gasteiger partial charge in [-0.05, 0) is 24.6 Å². The van der Waals surface area contributed by atoms with Crippen LogP contribution in [0.25, 0.3) is 0 Å². The SMILES string of the molecule is CC(S)C(=O)Nc1ccc(C2=NNC(=O)CC2)cc1. The largest absolute Gasteiger partial charge is 0.325 e. The summed E-state index contributed by atoms with van der Waals surface area (Å²) in [6.07, 6.45) is 1.08. The minimum absolute atomic E-state index is 0.0598. The number of hydrogen-bond donors (Lipinski definition) is 3. The van der Waals surface area contributed by atoms with E-state index in [1.165, 1.54) is 0 Å². The van der Waals surface area contributed by atoms with Crippen LogP contribution < -0.4 is 10.7 Å². The standard InChI is InChI=1S/C13H15N3O2S/c1-8(19)13(18)14-10-4-2-9(3-5-10)11-6-7-12(17)16-15-11/h2-5,8,19H,6-7H2,1H3,(H,14,18)(H,16,17). The van der Waals surface area contributed by atoms with Crippen LogP contribution in [0.4, 0.5) is 5.69 Å². The second kappa shape index (κ2) is 5.88. The van der Waals surface area contributed by atoms with Crippen LogP contribution in [0.3, 0.4) is 0 Å². The fourth-order valence-corrected chi connectivity index (χ4v) is 1.74. The molecule has 1 aliphatic heterocycles. The first kappa shape index (κ1) is 13.6. The van der Waals surface area contributed by atoms with Gasteiger partial charge in [-0.15, -0.1) is 0 Å². The molecule has 0 bridgehead atoms. The highest BCUT2D eigenvalue weighted by atomic mass is 32.1. The molecule has 2 amide bonds. The highest BCUT2D eigenvalue weighted by molar-refractivity contribution is 7.81. The molecule has 0 radical (unpaired) electrons. The molecule has 1 unspecified atom stereocenters. The number of nitrogens with one attached hydrogen (secondary N) is 2. The van der Waals surface area contributed by atoms with E-state index in [9.17, 15) is 9.59 Å². The van der Waals surface area contributed by atoms with Gasteiger partial charge in [0.15, 0.2) is 0 Å². The molecule has 19 heavy (non-hydrogen) atoms. The van der Waals surface area contributed by atoms with Gasteiger partial charge in [-0.3, -0.25) is 9.59 Å². The number of carbonyl (C=O) groups excluding carboxylic acids is 2. The number of thiol groups is 1. The molecule has 0 aromatic heterocycles. The van der Waals surface area contributed by atoms with Crippen LogP contribution in [0.5, 0.6) is 0 Å². The van der Waals surface area contributed by atoms with Crippen LogP contribution >= 0.6 is 12.6 Å². The number of nitrogens with zero attached hydrogens (tertiary/aromatic N) is 1. The Labute approximate surface area is 116 Å². The zero-order chi connectivity index (χ0) is 13.8. The summed E-state index contributed by atoms with van der Waals surface area (Å²) in [5.74, 6) is -0.200. The number of rotatable bonds is 3. The topological polar surface area (TPSA) is 70.6 Å². The lowest BCUT2D eigenvalue weighted by atomic mass is 10.0. The molecule has 1 heterocycles. The molecule has 1 aromatic rings. The molecule has 0 spiro atoms. The van der Waals surface area contributed by atoms with Crippen molar-refractivity contribution in [2.75, 3.05) is 5.32 Å². The van der Waals surface area contributed by atoms with Gasteiger partial charge in [-0.25, -0.2) is 5.43 Å². The number of anilines is 1. The summed E-state index contributed by atoms with van der Waals surface area (Å²) in [5.41, 5.74) is 4.97. The second-order valence-corrected chi connectivity index (χ2v) is 5.11. The third-order valence-corrected chi connectivity index (χ3v) is 3.00. The first-order valence-electron chi connectivity index (χ1n) is 6.01. The van der Waals surface area contributed by atoms with Crippen LogP contribution in [0.15, 0.2) is 29.4 Å². The predicted molar refractivity (Wildman–Crippen MR) is 77.4 cm³/mol. The Balaban J connectivity index is 2.06. The Kier molecular flexibility index (Phi) is 4.21. The minimum Gasteiger partial charge on any atom is -0.325 e. The molecule has 2 N–H and O–H groups in total. The normalized spacial score (nSPS) is 16.3. The van der Waals surface area contributed by atoms with Gasteiger partial charge >= 0.3 is 0 Å². The first-order chi connectivity index (χ1) is 9.06. The number of hydrogen-bond acceptors (Lipinski definition) is 4. The number of benzene rings is 1. The van der Waals surface area contributed by atoms with Crippen molar-refractivity contribution >= 4 is 35.8 Å². The van der Waals surface area contributed by atoms with E-state index in [-0.39, 0.29) is 17.1 Å². The zero-order valence-electron chi connectivity index (χ0n) is 10.5. The monoisotopic (exact) mass is 277 g/mol. The van der Waals surface area contributed by atoms with Crippen LogP contribution in [0, 0.1) is 0 Å². The van der Waals surface area contributed by atoms with Crippen molar-refractivity contribution in [1.29, 1.82) is 0 Å². The van der Waals surface area contributed by atoms with Crippen molar-refractivity contribution in [2.24, 2.45) is 5.10 Å². The van der Waals surface area contributed by atoms with Crippen molar-refractivity contribution in [3.8, 4) is 0 Å². The van der Waals surface area contributed by atoms with Gasteiger partial charge in [-0.2, -0.15) is 17.7 Å². The maximum atomic E-state index is 11.5. The number of amides is 2. The molecule has 0 fully saturated rings. The molecule has 0 saturated carbocycles. The summed E-state index contributed by atoms with van der Waals surface area (Å²) >= 11 is 4.06. The molecule has 5 nitrogen and oxygen atoms in total. The highest BCUT2D eigenvalue weighted by Crippen LogP contribution is 2.14. The quantitative estimate of drug-likeness (QED) is 0.734. The van der Waals surface area contributed by atoms with Gasteiger partial charge in [0.25, 0.3) is 0 Å². The fraction of sp³-hybridized carbons (Fsp3) is 0.308. The van der Waals surface area contributed by atoms with Crippen LogP contribution in [-0.2, 0) is 9.59 Å². The Morgan fingerprint density at radius 1 is 1.37 bits per heavy atom. The summed E-state index contributed by atoms with van der Waals surface area (Å²) in [7, 11) is 0. The molecule has 100 valence electrons. The van der Waals surface area contributed by atoms with Crippen LogP contribution in [-0.4, -0.2) is 22.8 Å². The third kappa shape index (κ3) is 3.57. The molecule has 2 rings (SSSR count). The van der Waals surface area contributed by atoms with Gasteiger partial charge in [0.2, 0.25) is 11.8 Å². The van der Waals surface area contributed by atoms with Gasteiger partial charge in [0.1, 0.15) is 0 Å². The van der Waals surface area contributed by atoms with Crippen molar-refractivity contribution in [2.45, 2.75) is 25.0 Å². The van der Waals surface area contributed by atoms with E-state index in [0.717, 1.165) is 17.0 Å². The smallest absolute Gasteiger partial charge is 0.240 e. The van der Waals surface area contributed by atoms with Crippen LogP contribution in [0.1, 0.15) is 25.3 Å². The van der Waals surface area contributed by atoms with E-state index in [1.54, 1.807) is 6.92 Å². The Bertz CT molecular complexity index is 523. The van der Waals surface area contributed by atoms with E-state index in [1.807, 2.05) is 24.3 Å². The molecule has 0 saturated heterocycles. The molecule has 6 heteroatoms. The number of carbonyl (C=O) groups is 2. The average Bonchev–Trinajstić information content (AvgIpc) is 2.40. The van der Waals surface area contributed by atoms with Gasteiger partial charge in [0, 0.05) is 18.5 Å². The molecular weight excluding hydrogens is 262 g/mol. The second-order valence-electron chi connectivity index (χ2n) is 4.34. The summed E-state index contributed by atoms with van der Waals surface area (Å²) < 4.78 is 0. The molecule has 1 aliphatic rings. The van der Waals surface area contributed by atoms with Gasteiger partial charge < -0.3 is 5.32 Å². The third-order valence-electron chi connectivity index (χ3n) is 2.77. The lowest BCUT2D eigenvalue weighted by Gasteiger charge is -2.13. The van der Waals surface area contributed by atoms with E-state index >= 15 is 0 Å². The van der Waals surface area contributed by atoms with Crippen molar-refractivity contribution in [3.63, 3.8) is 0 Å².